The molecule has 0 heterocycles. The van der Waals surface area contributed by atoms with Gasteiger partial charge in [-0.15, -0.1) is 0 Å². The second kappa shape index (κ2) is 7.14. The number of nitrogens with one attached hydrogen (secondary N) is 1. The molecule has 1 rings (SSSR count). The van der Waals surface area contributed by atoms with Crippen molar-refractivity contribution in [2.75, 3.05) is 19.0 Å². The van der Waals surface area contributed by atoms with Crippen LogP contribution in [0.25, 0.3) is 0 Å². The first-order chi connectivity index (χ1) is 8.17. The van der Waals surface area contributed by atoms with E-state index in [2.05, 4.69) is 5.32 Å². The zero-order chi connectivity index (χ0) is 12.7. The SMILES string of the molecule is COc1cc(NC(=O)CCCCN)ccc1Cl. The highest BCUT2D eigenvalue weighted by atomic mass is 35.5. The number of hydrogen-bond acceptors (Lipinski definition) is 3. The fourth-order valence-corrected chi connectivity index (χ4v) is 1.59. The first-order valence-corrected chi connectivity index (χ1v) is 5.88. The number of benzene rings is 1. The average molecular weight is 257 g/mol. The second-order valence-electron chi connectivity index (χ2n) is 3.64. The summed E-state index contributed by atoms with van der Waals surface area (Å²) >= 11 is 5.88. The minimum atomic E-state index is -0.0252. The van der Waals surface area contributed by atoms with Gasteiger partial charge in [-0.2, -0.15) is 0 Å². The smallest absolute Gasteiger partial charge is 0.224 e. The van der Waals surface area contributed by atoms with E-state index in [1.54, 1.807) is 18.2 Å². The van der Waals surface area contributed by atoms with Crippen LogP contribution in [0.3, 0.4) is 0 Å². The van der Waals surface area contributed by atoms with Crippen LogP contribution in [-0.4, -0.2) is 19.6 Å². The Labute approximate surface area is 106 Å². The van der Waals surface area contributed by atoms with Crippen LogP contribution in [0.4, 0.5) is 5.69 Å². The maximum Gasteiger partial charge on any atom is 0.224 e. The van der Waals surface area contributed by atoms with Gasteiger partial charge >= 0.3 is 0 Å². The summed E-state index contributed by atoms with van der Waals surface area (Å²) in [6, 6.07) is 5.13. The Kier molecular flexibility index (Phi) is 5.80. The van der Waals surface area contributed by atoms with E-state index < -0.39 is 0 Å². The number of carbonyl (C=O) groups excluding carboxylic acids is 1. The van der Waals surface area contributed by atoms with E-state index in [0.717, 1.165) is 12.8 Å². The number of ether oxygens (including phenoxy) is 1. The van der Waals surface area contributed by atoms with Crippen LogP contribution in [0.15, 0.2) is 18.2 Å². The number of unbranched alkanes of at least 4 members (excludes halogenated alkanes) is 1. The van der Waals surface area contributed by atoms with Crippen molar-refractivity contribution in [2.24, 2.45) is 5.73 Å². The monoisotopic (exact) mass is 256 g/mol. The average Bonchev–Trinajstić information content (AvgIpc) is 2.32. The van der Waals surface area contributed by atoms with Gasteiger partial charge in [-0.25, -0.2) is 0 Å². The third kappa shape index (κ3) is 4.63. The van der Waals surface area contributed by atoms with E-state index in [4.69, 9.17) is 22.1 Å². The molecular weight excluding hydrogens is 240 g/mol. The van der Waals surface area contributed by atoms with Gasteiger partial charge in [-0.05, 0) is 31.5 Å². The fraction of sp³-hybridized carbons (Fsp3) is 0.417. The molecule has 94 valence electrons. The van der Waals surface area contributed by atoms with Crippen LogP contribution in [0.2, 0.25) is 5.02 Å². The number of methoxy groups -OCH3 is 1. The zero-order valence-electron chi connectivity index (χ0n) is 9.83. The molecule has 0 aliphatic heterocycles. The van der Waals surface area contributed by atoms with Crippen molar-refractivity contribution in [2.45, 2.75) is 19.3 Å². The summed E-state index contributed by atoms with van der Waals surface area (Å²) < 4.78 is 5.07. The Morgan fingerprint density at radius 1 is 1.47 bits per heavy atom. The molecule has 0 atom stereocenters. The predicted molar refractivity (Wildman–Crippen MR) is 69.5 cm³/mol. The van der Waals surface area contributed by atoms with Crippen LogP contribution >= 0.6 is 11.6 Å². The molecule has 0 fully saturated rings. The quantitative estimate of drug-likeness (QED) is 0.769. The van der Waals surface area contributed by atoms with Gasteiger partial charge in [0.15, 0.2) is 0 Å². The van der Waals surface area contributed by atoms with E-state index in [1.165, 1.54) is 7.11 Å². The molecule has 3 N–H and O–H groups in total. The van der Waals surface area contributed by atoms with Crippen molar-refractivity contribution in [3.8, 4) is 5.75 Å². The second-order valence-corrected chi connectivity index (χ2v) is 4.05. The molecule has 1 aromatic carbocycles. The molecule has 4 nitrogen and oxygen atoms in total. The molecule has 0 saturated heterocycles. The minimum Gasteiger partial charge on any atom is -0.495 e. The fourth-order valence-electron chi connectivity index (χ4n) is 1.39. The molecule has 0 bridgehead atoms. The molecule has 0 aliphatic rings. The van der Waals surface area contributed by atoms with Gasteiger partial charge in [-0.1, -0.05) is 11.6 Å². The lowest BCUT2D eigenvalue weighted by Gasteiger charge is -2.08. The molecule has 0 spiro atoms. The Bertz CT molecular complexity index is 383. The molecule has 0 saturated carbocycles. The van der Waals surface area contributed by atoms with Crippen LogP contribution in [0, 0.1) is 0 Å². The summed E-state index contributed by atoms with van der Waals surface area (Å²) in [4.78, 5) is 11.5. The molecule has 0 unspecified atom stereocenters. The summed E-state index contributed by atoms with van der Waals surface area (Å²) in [5, 5.41) is 3.31. The van der Waals surface area contributed by atoms with Crippen molar-refractivity contribution >= 4 is 23.2 Å². The third-order valence-corrected chi connectivity index (χ3v) is 2.61. The highest BCUT2D eigenvalue weighted by Gasteiger charge is 2.05. The van der Waals surface area contributed by atoms with Gasteiger partial charge in [0.1, 0.15) is 5.75 Å². The zero-order valence-corrected chi connectivity index (χ0v) is 10.6. The molecule has 0 radical (unpaired) electrons. The van der Waals surface area contributed by atoms with Crippen LogP contribution in [-0.2, 0) is 4.79 Å². The summed E-state index contributed by atoms with van der Waals surface area (Å²) in [6.07, 6.45) is 2.13. The van der Waals surface area contributed by atoms with Crippen LogP contribution in [0.5, 0.6) is 5.75 Å². The first kappa shape index (κ1) is 13.8. The van der Waals surface area contributed by atoms with Crippen molar-refractivity contribution in [1.82, 2.24) is 0 Å². The van der Waals surface area contributed by atoms with Gasteiger partial charge < -0.3 is 15.8 Å². The van der Waals surface area contributed by atoms with Crippen molar-refractivity contribution in [3.05, 3.63) is 23.2 Å². The summed E-state index contributed by atoms with van der Waals surface area (Å²) in [7, 11) is 1.54. The first-order valence-electron chi connectivity index (χ1n) is 5.51. The molecule has 5 heteroatoms. The van der Waals surface area contributed by atoms with Crippen molar-refractivity contribution in [1.29, 1.82) is 0 Å². The maximum atomic E-state index is 11.5. The van der Waals surface area contributed by atoms with Crippen molar-refractivity contribution < 1.29 is 9.53 Å². The predicted octanol–water partition coefficient (Wildman–Crippen LogP) is 2.42. The normalized spacial score (nSPS) is 10.1. The van der Waals surface area contributed by atoms with E-state index in [9.17, 15) is 4.79 Å². The number of rotatable bonds is 6. The van der Waals surface area contributed by atoms with E-state index in [0.29, 0.717) is 29.4 Å². The Morgan fingerprint density at radius 2 is 2.24 bits per heavy atom. The summed E-state index contributed by atoms with van der Waals surface area (Å²) in [6.45, 7) is 0.613. The molecular formula is C12H17ClN2O2. The van der Waals surface area contributed by atoms with E-state index in [1.807, 2.05) is 0 Å². The number of carbonyl (C=O) groups is 1. The van der Waals surface area contributed by atoms with Gasteiger partial charge in [0, 0.05) is 18.2 Å². The van der Waals surface area contributed by atoms with Gasteiger partial charge in [-0.3, -0.25) is 4.79 Å². The highest BCUT2D eigenvalue weighted by Crippen LogP contribution is 2.27. The standard InChI is InChI=1S/C12H17ClN2O2/c1-17-11-8-9(5-6-10(11)13)15-12(16)4-2-3-7-14/h5-6,8H,2-4,7,14H2,1H3,(H,15,16). The Balaban J connectivity index is 2.53. The highest BCUT2D eigenvalue weighted by molar-refractivity contribution is 6.32. The van der Waals surface area contributed by atoms with Crippen LogP contribution < -0.4 is 15.8 Å². The van der Waals surface area contributed by atoms with Crippen molar-refractivity contribution in [3.63, 3.8) is 0 Å². The van der Waals surface area contributed by atoms with E-state index >= 15 is 0 Å². The number of nitrogens with two attached hydrogens (primary N) is 1. The Hall–Kier alpha value is -1.26. The van der Waals surface area contributed by atoms with Crippen LogP contribution in [0.1, 0.15) is 19.3 Å². The van der Waals surface area contributed by atoms with Gasteiger partial charge in [0.2, 0.25) is 5.91 Å². The largest absolute Gasteiger partial charge is 0.495 e. The molecule has 1 aromatic rings. The molecule has 0 aromatic heterocycles. The lowest BCUT2D eigenvalue weighted by molar-refractivity contribution is -0.116. The Morgan fingerprint density at radius 3 is 2.88 bits per heavy atom. The minimum absolute atomic E-state index is 0.0252. The van der Waals surface area contributed by atoms with E-state index in [-0.39, 0.29) is 5.91 Å². The van der Waals surface area contributed by atoms with Gasteiger partial charge in [0.05, 0.1) is 12.1 Å². The number of hydrogen-bond donors (Lipinski definition) is 2. The summed E-state index contributed by atoms with van der Waals surface area (Å²) in [5.74, 6) is 0.522. The molecule has 17 heavy (non-hydrogen) atoms. The molecule has 1 amide bonds. The molecule has 0 aliphatic carbocycles. The topological polar surface area (TPSA) is 64.3 Å². The lowest BCUT2D eigenvalue weighted by atomic mass is 10.2. The van der Waals surface area contributed by atoms with Gasteiger partial charge in [0.25, 0.3) is 0 Å². The maximum absolute atomic E-state index is 11.5. The number of amides is 1. The lowest BCUT2D eigenvalue weighted by Crippen LogP contribution is -2.12. The third-order valence-electron chi connectivity index (χ3n) is 2.29. The summed E-state index contributed by atoms with van der Waals surface area (Å²) in [5.41, 5.74) is 6.04. The number of anilines is 1. The number of halogens is 1.